The van der Waals surface area contributed by atoms with Gasteiger partial charge in [0.25, 0.3) is 0 Å². The van der Waals surface area contributed by atoms with Gasteiger partial charge in [0.15, 0.2) is 0 Å². The first-order chi connectivity index (χ1) is 7.20. The zero-order valence-electron chi connectivity index (χ0n) is 9.89. The van der Waals surface area contributed by atoms with E-state index < -0.39 is 0 Å². The Labute approximate surface area is 90.7 Å². The Morgan fingerprint density at radius 3 is 2.40 bits per heavy atom. The highest BCUT2D eigenvalue weighted by Crippen LogP contribution is 2.16. The van der Waals surface area contributed by atoms with E-state index in [1.54, 1.807) is 0 Å². The third-order valence-corrected chi connectivity index (χ3v) is 2.34. The second kappa shape index (κ2) is 4.94. The molecular formula is C12H19N3. The summed E-state index contributed by atoms with van der Waals surface area (Å²) in [6.45, 7) is 8.65. The van der Waals surface area contributed by atoms with Gasteiger partial charge in [-0.05, 0) is 37.1 Å². The lowest BCUT2D eigenvalue weighted by Gasteiger charge is -1.97. The third-order valence-electron chi connectivity index (χ3n) is 2.34. The molecule has 3 nitrogen and oxygen atoms in total. The van der Waals surface area contributed by atoms with E-state index in [1.165, 1.54) is 11.1 Å². The van der Waals surface area contributed by atoms with Crippen LogP contribution in [-0.4, -0.2) is 9.97 Å². The lowest BCUT2D eigenvalue weighted by atomic mass is 10.1. The lowest BCUT2D eigenvalue weighted by Crippen LogP contribution is -1.97. The van der Waals surface area contributed by atoms with Gasteiger partial charge in [0.1, 0.15) is 5.82 Å². The summed E-state index contributed by atoms with van der Waals surface area (Å²) in [5.41, 5.74) is 10.1. The number of aromatic nitrogens is 2. The number of rotatable bonds is 1. The van der Waals surface area contributed by atoms with Gasteiger partial charge >= 0.3 is 0 Å². The Morgan fingerprint density at radius 1 is 1.20 bits per heavy atom. The van der Waals surface area contributed by atoms with Crippen molar-refractivity contribution in [3.05, 3.63) is 29.1 Å². The van der Waals surface area contributed by atoms with Crippen molar-refractivity contribution in [1.82, 2.24) is 9.97 Å². The van der Waals surface area contributed by atoms with Crippen molar-refractivity contribution in [2.75, 3.05) is 0 Å². The van der Waals surface area contributed by atoms with Gasteiger partial charge in [-0.25, -0.2) is 4.98 Å². The summed E-state index contributed by atoms with van der Waals surface area (Å²) in [7, 11) is 0. The van der Waals surface area contributed by atoms with E-state index in [2.05, 4.69) is 35.9 Å². The molecule has 3 heteroatoms. The van der Waals surface area contributed by atoms with E-state index in [1.807, 2.05) is 13.8 Å². The van der Waals surface area contributed by atoms with E-state index in [9.17, 15) is 0 Å². The maximum atomic E-state index is 5.50. The van der Waals surface area contributed by atoms with E-state index in [0.29, 0.717) is 6.54 Å². The summed E-state index contributed by atoms with van der Waals surface area (Å²) in [4.78, 5) is 7.53. The van der Waals surface area contributed by atoms with Crippen LogP contribution in [0, 0.1) is 13.8 Å². The van der Waals surface area contributed by atoms with Crippen molar-refractivity contribution in [1.29, 1.82) is 0 Å². The van der Waals surface area contributed by atoms with Crippen molar-refractivity contribution in [2.45, 2.75) is 34.2 Å². The molecule has 0 fully saturated rings. The van der Waals surface area contributed by atoms with Crippen molar-refractivity contribution >= 4 is 11.0 Å². The number of hydrogen-bond donors (Lipinski definition) is 2. The summed E-state index contributed by atoms with van der Waals surface area (Å²) < 4.78 is 0. The molecule has 0 bridgehead atoms. The van der Waals surface area contributed by atoms with Crippen LogP contribution in [0.1, 0.15) is 30.8 Å². The van der Waals surface area contributed by atoms with Crippen LogP contribution in [0.25, 0.3) is 11.0 Å². The molecule has 1 aromatic heterocycles. The van der Waals surface area contributed by atoms with Crippen molar-refractivity contribution in [3.63, 3.8) is 0 Å². The molecule has 0 spiro atoms. The summed E-state index contributed by atoms with van der Waals surface area (Å²) >= 11 is 0. The number of hydrogen-bond acceptors (Lipinski definition) is 2. The molecule has 0 radical (unpaired) electrons. The quantitative estimate of drug-likeness (QED) is 0.752. The molecule has 0 saturated heterocycles. The molecule has 1 aromatic carbocycles. The Bertz CT molecular complexity index is 404. The van der Waals surface area contributed by atoms with Gasteiger partial charge in [0.05, 0.1) is 17.6 Å². The van der Waals surface area contributed by atoms with Crippen LogP contribution in [-0.2, 0) is 6.54 Å². The predicted octanol–water partition coefficient (Wildman–Crippen LogP) is 2.66. The zero-order valence-corrected chi connectivity index (χ0v) is 9.89. The minimum absolute atomic E-state index is 0.465. The molecule has 15 heavy (non-hydrogen) atoms. The molecule has 3 N–H and O–H groups in total. The van der Waals surface area contributed by atoms with Crippen LogP contribution < -0.4 is 5.73 Å². The summed E-state index contributed by atoms with van der Waals surface area (Å²) in [5, 5.41) is 0. The fourth-order valence-corrected chi connectivity index (χ4v) is 1.42. The first kappa shape index (κ1) is 11.7. The molecular weight excluding hydrogens is 186 g/mol. The third kappa shape index (κ3) is 2.36. The number of fused-ring (bicyclic) bond motifs is 1. The van der Waals surface area contributed by atoms with Gasteiger partial charge in [-0.2, -0.15) is 0 Å². The highest BCUT2D eigenvalue weighted by molar-refractivity contribution is 5.77. The molecule has 1 heterocycles. The molecule has 2 rings (SSSR count). The average Bonchev–Trinajstić information content (AvgIpc) is 2.64. The topological polar surface area (TPSA) is 54.7 Å². The summed E-state index contributed by atoms with van der Waals surface area (Å²) in [6, 6.07) is 4.19. The monoisotopic (exact) mass is 205 g/mol. The fraction of sp³-hybridized carbons (Fsp3) is 0.417. The van der Waals surface area contributed by atoms with Gasteiger partial charge in [-0.1, -0.05) is 13.8 Å². The van der Waals surface area contributed by atoms with Gasteiger partial charge in [-0.15, -0.1) is 0 Å². The normalized spacial score (nSPS) is 9.93. The minimum atomic E-state index is 0.465. The predicted molar refractivity (Wildman–Crippen MR) is 64.8 cm³/mol. The number of aromatic amines is 1. The van der Waals surface area contributed by atoms with Crippen molar-refractivity contribution in [2.24, 2.45) is 5.73 Å². The molecule has 82 valence electrons. The first-order valence-corrected chi connectivity index (χ1v) is 5.36. The molecule has 0 saturated carbocycles. The lowest BCUT2D eigenvalue weighted by molar-refractivity contribution is 0.958. The average molecular weight is 205 g/mol. The number of nitrogens with one attached hydrogen (secondary N) is 1. The fourth-order valence-electron chi connectivity index (χ4n) is 1.42. The Morgan fingerprint density at radius 2 is 1.80 bits per heavy atom. The number of H-pyrrole nitrogens is 1. The van der Waals surface area contributed by atoms with Crippen molar-refractivity contribution < 1.29 is 0 Å². The van der Waals surface area contributed by atoms with Gasteiger partial charge in [0, 0.05) is 0 Å². The van der Waals surface area contributed by atoms with Crippen LogP contribution in [0.15, 0.2) is 12.1 Å². The van der Waals surface area contributed by atoms with Gasteiger partial charge in [-0.3, -0.25) is 0 Å². The van der Waals surface area contributed by atoms with E-state index >= 15 is 0 Å². The van der Waals surface area contributed by atoms with Crippen LogP contribution >= 0.6 is 0 Å². The minimum Gasteiger partial charge on any atom is -0.341 e. The Kier molecular flexibility index (Phi) is 3.86. The maximum absolute atomic E-state index is 5.50. The SMILES string of the molecule is CC.Cc1cc2nc(CN)[nH]c2cc1C. The Hall–Kier alpha value is -1.35. The second-order valence-corrected chi connectivity index (χ2v) is 3.34. The highest BCUT2D eigenvalue weighted by Gasteiger charge is 2.02. The number of nitrogens with zero attached hydrogens (tertiary/aromatic N) is 1. The largest absolute Gasteiger partial charge is 0.341 e. The number of imidazole rings is 1. The zero-order chi connectivity index (χ0) is 11.4. The number of nitrogens with two attached hydrogens (primary N) is 1. The maximum Gasteiger partial charge on any atom is 0.121 e. The van der Waals surface area contributed by atoms with Crippen LogP contribution in [0.5, 0.6) is 0 Å². The van der Waals surface area contributed by atoms with E-state index in [-0.39, 0.29) is 0 Å². The van der Waals surface area contributed by atoms with E-state index in [4.69, 9.17) is 5.73 Å². The smallest absolute Gasteiger partial charge is 0.121 e. The molecule has 0 aliphatic rings. The molecule has 0 atom stereocenters. The standard InChI is InChI=1S/C10H13N3.C2H6/c1-6-3-8-9(4-7(6)2)13-10(5-11)12-8;1-2/h3-4H,5,11H2,1-2H3,(H,12,13);1-2H3. The first-order valence-electron chi connectivity index (χ1n) is 5.36. The van der Waals surface area contributed by atoms with E-state index in [0.717, 1.165) is 16.9 Å². The van der Waals surface area contributed by atoms with Gasteiger partial charge in [0.2, 0.25) is 0 Å². The summed E-state index contributed by atoms with van der Waals surface area (Å²) in [5.74, 6) is 0.847. The molecule has 0 aliphatic carbocycles. The van der Waals surface area contributed by atoms with Crippen LogP contribution in [0.4, 0.5) is 0 Å². The van der Waals surface area contributed by atoms with Crippen molar-refractivity contribution in [3.8, 4) is 0 Å². The second-order valence-electron chi connectivity index (χ2n) is 3.34. The number of aryl methyl sites for hydroxylation is 2. The highest BCUT2D eigenvalue weighted by atomic mass is 14.9. The van der Waals surface area contributed by atoms with Crippen LogP contribution in [0.2, 0.25) is 0 Å². The molecule has 0 aliphatic heterocycles. The molecule has 2 aromatic rings. The molecule has 0 amide bonds. The Balaban J connectivity index is 0.000000531. The van der Waals surface area contributed by atoms with Crippen LogP contribution in [0.3, 0.4) is 0 Å². The summed E-state index contributed by atoms with van der Waals surface area (Å²) in [6.07, 6.45) is 0. The number of benzene rings is 1. The van der Waals surface area contributed by atoms with Gasteiger partial charge < -0.3 is 10.7 Å². The molecule has 0 unspecified atom stereocenters.